The van der Waals surface area contributed by atoms with Crippen molar-refractivity contribution in [2.75, 3.05) is 40.9 Å². The summed E-state index contributed by atoms with van der Waals surface area (Å²) in [6, 6.07) is -0.762. The molecule has 0 fully saturated rings. The van der Waals surface area contributed by atoms with Crippen molar-refractivity contribution in [2.45, 2.75) is 296 Å². The Morgan fingerprint density at radius 1 is 0.515 bits per heavy atom. The number of phosphoric ester groups is 1. The minimum absolute atomic E-state index is 0.0750. The van der Waals surface area contributed by atoms with Gasteiger partial charge in [0.05, 0.1) is 39.9 Å². The number of likely N-dealkylation sites (N-methyl/N-ethyl adjacent to an activating group) is 1. The molecule has 0 aliphatic rings. The highest BCUT2D eigenvalue weighted by Gasteiger charge is 2.28. The summed E-state index contributed by atoms with van der Waals surface area (Å²) in [7, 11) is 1.62. The van der Waals surface area contributed by atoms with Gasteiger partial charge in [0.1, 0.15) is 13.2 Å². The van der Waals surface area contributed by atoms with Gasteiger partial charge in [-0.1, -0.05) is 256 Å². The molecule has 0 aromatic carbocycles. The van der Waals surface area contributed by atoms with Crippen LogP contribution >= 0.6 is 7.82 Å². The van der Waals surface area contributed by atoms with Gasteiger partial charge < -0.3 is 19.8 Å². The standard InChI is InChI=1S/C57H113N2O6P/c1-6-8-10-12-14-16-18-20-22-24-26-28-29-31-32-34-36-38-40-42-44-46-48-50-56(60)55(54-65-66(62,63)64-53-52-59(3,4)5)58-57(61)51-49-47-45-43-41-39-37-35-33-30-27-25-23-21-19-17-15-13-11-9-7-2/h19,21,25,27,55-56,60H,6-18,20,22-24,26,28-54H2,1-5H3,(H-,58,61,62,63)/p+1/b21-19-,27-25-. The first-order valence-electron chi connectivity index (χ1n) is 28.7. The minimum atomic E-state index is -4.32. The van der Waals surface area contributed by atoms with Crippen LogP contribution in [-0.2, 0) is 18.4 Å². The smallest absolute Gasteiger partial charge is 0.391 e. The lowest BCUT2D eigenvalue weighted by molar-refractivity contribution is -0.870. The third-order valence-electron chi connectivity index (χ3n) is 13.2. The van der Waals surface area contributed by atoms with Crippen molar-refractivity contribution in [3.63, 3.8) is 0 Å². The first-order valence-corrected chi connectivity index (χ1v) is 30.2. The van der Waals surface area contributed by atoms with Crippen molar-refractivity contribution in [3.05, 3.63) is 24.3 Å². The van der Waals surface area contributed by atoms with Crippen molar-refractivity contribution < 1.29 is 32.9 Å². The van der Waals surface area contributed by atoms with Gasteiger partial charge in [0.2, 0.25) is 5.91 Å². The first kappa shape index (κ1) is 65.0. The molecular weight excluding hydrogens is 840 g/mol. The Kier molecular flexibility index (Phi) is 48.2. The normalized spacial score (nSPS) is 14.1. The van der Waals surface area contributed by atoms with E-state index in [4.69, 9.17) is 9.05 Å². The molecule has 0 saturated carbocycles. The summed E-state index contributed by atoms with van der Waals surface area (Å²) in [6.07, 6.45) is 60.8. The van der Waals surface area contributed by atoms with Gasteiger partial charge in [0.25, 0.3) is 0 Å². The van der Waals surface area contributed by atoms with Crippen LogP contribution in [0.3, 0.4) is 0 Å². The van der Waals surface area contributed by atoms with Crippen LogP contribution < -0.4 is 5.32 Å². The molecular formula is C57H114N2O6P+. The second-order valence-corrected chi connectivity index (χ2v) is 22.5. The van der Waals surface area contributed by atoms with E-state index in [0.717, 1.165) is 44.9 Å². The molecule has 0 aromatic heterocycles. The lowest BCUT2D eigenvalue weighted by Gasteiger charge is -2.26. The number of rotatable bonds is 53. The third kappa shape index (κ3) is 50.8. The zero-order valence-electron chi connectivity index (χ0n) is 44.7. The van der Waals surface area contributed by atoms with Crippen molar-refractivity contribution in [3.8, 4) is 0 Å². The van der Waals surface area contributed by atoms with Crippen molar-refractivity contribution in [1.82, 2.24) is 5.32 Å². The quantitative estimate of drug-likeness (QED) is 0.0243. The predicted molar refractivity (Wildman–Crippen MR) is 286 cm³/mol. The summed E-state index contributed by atoms with van der Waals surface area (Å²) in [5.74, 6) is -0.145. The van der Waals surface area contributed by atoms with Gasteiger partial charge >= 0.3 is 7.82 Å². The average Bonchev–Trinajstić information content (AvgIpc) is 3.28. The summed E-state index contributed by atoms with van der Waals surface area (Å²) in [4.78, 5) is 23.3. The number of amides is 1. The third-order valence-corrected chi connectivity index (χ3v) is 14.2. The van der Waals surface area contributed by atoms with E-state index in [1.54, 1.807) is 0 Å². The fraction of sp³-hybridized carbons (Fsp3) is 0.912. The number of aliphatic hydroxyl groups is 1. The molecule has 0 aliphatic heterocycles. The van der Waals surface area contributed by atoms with Crippen LogP contribution in [0.2, 0.25) is 0 Å². The van der Waals surface area contributed by atoms with Gasteiger partial charge in [0.15, 0.2) is 0 Å². The number of quaternary nitrogens is 1. The number of unbranched alkanes of at least 4 members (excludes halogenated alkanes) is 36. The summed E-state index contributed by atoms with van der Waals surface area (Å²) in [5, 5.41) is 14.1. The number of aliphatic hydroxyl groups excluding tert-OH is 1. The Hall–Kier alpha value is -1.02. The van der Waals surface area contributed by atoms with Gasteiger partial charge in [-0.25, -0.2) is 4.57 Å². The molecule has 0 saturated heterocycles. The van der Waals surface area contributed by atoms with Crippen molar-refractivity contribution in [1.29, 1.82) is 0 Å². The summed E-state index contributed by atoms with van der Waals surface area (Å²) >= 11 is 0. The fourth-order valence-corrected chi connectivity index (χ4v) is 9.40. The second-order valence-electron chi connectivity index (χ2n) is 21.0. The molecule has 3 N–H and O–H groups in total. The number of hydrogen-bond donors (Lipinski definition) is 3. The molecule has 0 rings (SSSR count). The SMILES string of the molecule is CCCCCCC/C=C\C/C=C\CCCCCCCCCCCC(=O)NC(COP(=O)(O)OCC[N+](C)(C)C)C(O)CCCCCCCCCCCCCCCCCCCCCCCCC. The van der Waals surface area contributed by atoms with E-state index >= 15 is 0 Å². The summed E-state index contributed by atoms with van der Waals surface area (Å²) in [6.45, 7) is 4.91. The molecule has 0 spiro atoms. The lowest BCUT2D eigenvalue weighted by atomic mass is 10.0. The van der Waals surface area contributed by atoms with Gasteiger partial charge in [-0.2, -0.15) is 0 Å². The average molecular weight is 955 g/mol. The molecule has 8 nitrogen and oxygen atoms in total. The number of carbonyl (C=O) groups is 1. The second kappa shape index (κ2) is 49.0. The van der Waals surface area contributed by atoms with E-state index in [9.17, 15) is 19.4 Å². The van der Waals surface area contributed by atoms with E-state index in [0.29, 0.717) is 23.9 Å². The molecule has 0 radical (unpaired) electrons. The van der Waals surface area contributed by atoms with Crippen LogP contribution in [0.1, 0.15) is 284 Å². The van der Waals surface area contributed by atoms with E-state index in [1.165, 1.54) is 212 Å². The summed E-state index contributed by atoms with van der Waals surface area (Å²) < 4.78 is 23.8. The Balaban J connectivity index is 4.17. The highest BCUT2D eigenvalue weighted by molar-refractivity contribution is 7.47. The summed E-state index contributed by atoms with van der Waals surface area (Å²) in [5.41, 5.74) is 0. The monoisotopic (exact) mass is 954 g/mol. The fourth-order valence-electron chi connectivity index (χ4n) is 8.67. The van der Waals surface area contributed by atoms with Gasteiger partial charge in [-0.15, -0.1) is 0 Å². The van der Waals surface area contributed by atoms with Crippen LogP contribution in [0.4, 0.5) is 0 Å². The topological polar surface area (TPSA) is 105 Å². The van der Waals surface area contributed by atoms with Crippen LogP contribution in [0.25, 0.3) is 0 Å². The Morgan fingerprint density at radius 3 is 1.24 bits per heavy atom. The molecule has 3 atom stereocenters. The number of hydrogen-bond acceptors (Lipinski definition) is 5. The van der Waals surface area contributed by atoms with Crippen LogP contribution in [0.5, 0.6) is 0 Å². The van der Waals surface area contributed by atoms with E-state index in [2.05, 4.69) is 43.5 Å². The van der Waals surface area contributed by atoms with E-state index in [-0.39, 0.29) is 19.1 Å². The number of nitrogens with zero attached hydrogens (tertiary/aromatic N) is 1. The Morgan fingerprint density at radius 2 is 0.864 bits per heavy atom. The molecule has 0 aliphatic carbocycles. The largest absolute Gasteiger partial charge is 0.472 e. The number of phosphoric acid groups is 1. The van der Waals surface area contributed by atoms with Crippen molar-refractivity contribution >= 4 is 13.7 Å². The Bertz CT molecular complexity index is 1130. The molecule has 0 heterocycles. The molecule has 0 bridgehead atoms. The molecule has 3 unspecified atom stereocenters. The molecule has 0 aromatic rings. The predicted octanol–water partition coefficient (Wildman–Crippen LogP) is 17.2. The zero-order chi connectivity index (χ0) is 48.5. The molecule has 66 heavy (non-hydrogen) atoms. The minimum Gasteiger partial charge on any atom is -0.391 e. The highest BCUT2D eigenvalue weighted by Crippen LogP contribution is 2.43. The first-order chi connectivity index (χ1) is 32.0. The van der Waals surface area contributed by atoms with Crippen LogP contribution in [0.15, 0.2) is 24.3 Å². The Labute approximate surface area is 411 Å². The number of nitrogens with one attached hydrogen (secondary N) is 1. The maximum Gasteiger partial charge on any atom is 0.472 e. The van der Waals surface area contributed by atoms with Crippen LogP contribution in [-0.4, -0.2) is 73.4 Å². The van der Waals surface area contributed by atoms with Gasteiger partial charge in [-0.05, 0) is 44.9 Å². The highest BCUT2D eigenvalue weighted by atomic mass is 31.2. The molecule has 9 heteroatoms. The van der Waals surface area contributed by atoms with E-state index < -0.39 is 20.0 Å². The number of allylic oxidation sites excluding steroid dienone is 4. The van der Waals surface area contributed by atoms with Crippen molar-refractivity contribution in [2.24, 2.45) is 0 Å². The van der Waals surface area contributed by atoms with Gasteiger partial charge in [0, 0.05) is 6.42 Å². The molecule has 1 amide bonds. The van der Waals surface area contributed by atoms with Gasteiger partial charge in [-0.3, -0.25) is 13.8 Å². The van der Waals surface area contributed by atoms with Crippen LogP contribution in [0, 0.1) is 0 Å². The maximum atomic E-state index is 13.0. The number of carbonyl (C=O) groups excluding carboxylic acids is 1. The lowest BCUT2D eigenvalue weighted by Crippen LogP contribution is -2.46. The zero-order valence-corrected chi connectivity index (χ0v) is 45.6. The van der Waals surface area contributed by atoms with E-state index in [1.807, 2.05) is 21.1 Å². The maximum absolute atomic E-state index is 13.0. The molecule has 392 valence electrons.